The molecule has 1 aliphatic rings. The standard InChI is InChI=1S/C22H23N3OS/c1-14-7-9-17(10-8-14)21-23-24-22(25(21)3)27-15(2)20(26)19-12-11-16-5-4-6-18(16)13-19/h7-13,15H,4-6H2,1-3H3. The van der Waals surface area contributed by atoms with Crippen LogP contribution < -0.4 is 0 Å². The maximum absolute atomic E-state index is 12.9. The fraction of sp³-hybridized carbons (Fsp3) is 0.318. The van der Waals surface area contributed by atoms with Gasteiger partial charge >= 0.3 is 0 Å². The molecule has 0 aliphatic heterocycles. The van der Waals surface area contributed by atoms with E-state index in [0.717, 1.165) is 34.9 Å². The van der Waals surface area contributed by atoms with E-state index in [0.29, 0.717) is 0 Å². The predicted octanol–water partition coefficient (Wildman–Crippen LogP) is 4.64. The van der Waals surface area contributed by atoms with Gasteiger partial charge in [0.1, 0.15) is 0 Å². The van der Waals surface area contributed by atoms with Gasteiger partial charge in [-0.15, -0.1) is 10.2 Å². The minimum absolute atomic E-state index is 0.148. The number of Topliss-reactive ketones (excluding diaryl/α,β-unsaturated/α-hetero) is 1. The molecule has 0 fully saturated rings. The van der Waals surface area contributed by atoms with Crippen molar-refractivity contribution in [2.24, 2.45) is 7.05 Å². The van der Waals surface area contributed by atoms with Crippen molar-refractivity contribution in [2.45, 2.75) is 43.5 Å². The lowest BCUT2D eigenvalue weighted by Crippen LogP contribution is -2.14. The summed E-state index contributed by atoms with van der Waals surface area (Å²) in [4.78, 5) is 12.9. The van der Waals surface area contributed by atoms with E-state index < -0.39 is 0 Å². The van der Waals surface area contributed by atoms with E-state index in [4.69, 9.17) is 0 Å². The average Bonchev–Trinajstić information content (AvgIpc) is 3.28. The Morgan fingerprint density at radius 1 is 1.07 bits per heavy atom. The topological polar surface area (TPSA) is 47.8 Å². The van der Waals surface area contributed by atoms with Crippen LogP contribution in [-0.4, -0.2) is 25.8 Å². The molecule has 0 saturated heterocycles. The van der Waals surface area contributed by atoms with E-state index in [9.17, 15) is 4.79 Å². The van der Waals surface area contributed by atoms with Gasteiger partial charge in [0, 0.05) is 18.2 Å². The second-order valence-corrected chi connectivity index (χ2v) is 8.50. The number of aromatic nitrogens is 3. The van der Waals surface area contributed by atoms with Crippen molar-refractivity contribution in [1.82, 2.24) is 14.8 Å². The third-order valence-electron chi connectivity index (χ3n) is 5.18. The minimum Gasteiger partial charge on any atom is -0.305 e. The van der Waals surface area contributed by atoms with Crippen molar-refractivity contribution in [3.8, 4) is 11.4 Å². The van der Waals surface area contributed by atoms with E-state index in [1.807, 2.05) is 36.7 Å². The van der Waals surface area contributed by atoms with Gasteiger partial charge in [-0.2, -0.15) is 0 Å². The van der Waals surface area contributed by atoms with Gasteiger partial charge in [-0.1, -0.05) is 53.7 Å². The van der Waals surface area contributed by atoms with Gasteiger partial charge in [0.25, 0.3) is 0 Å². The first-order valence-electron chi connectivity index (χ1n) is 9.32. The molecular formula is C22H23N3OS. The molecule has 0 saturated carbocycles. The van der Waals surface area contributed by atoms with E-state index in [1.165, 1.54) is 34.9 Å². The van der Waals surface area contributed by atoms with Gasteiger partial charge in [-0.3, -0.25) is 4.79 Å². The highest BCUT2D eigenvalue weighted by atomic mass is 32.2. The SMILES string of the molecule is Cc1ccc(-c2nnc(SC(C)C(=O)c3ccc4c(c3)CCC4)n2C)cc1. The summed E-state index contributed by atoms with van der Waals surface area (Å²) in [6.45, 7) is 4.01. The van der Waals surface area contributed by atoms with Gasteiger partial charge in [-0.05, 0) is 50.3 Å². The minimum atomic E-state index is -0.210. The molecule has 5 heteroatoms. The van der Waals surface area contributed by atoms with Crippen molar-refractivity contribution in [3.63, 3.8) is 0 Å². The van der Waals surface area contributed by atoms with Crippen LogP contribution in [0.15, 0.2) is 47.6 Å². The fourth-order valence-electron chi connectivity index (χ4n) is 3.54. The maximum Gasteiger partial charge on any atom is 0.191 e. The molecule has 0 amide bonds. The number of carbonyl (C=O) groups excluding carboxylic acids is 1. The Bertz CT molecular complexity index is 991. The Labute approximate surface area is 164 Å². The second kappa shape index (κ2) is 7.31. The number of aryl methyl sites for hydroxylation is 3. The van der Waals surface area contributed by atoms with Crippen molar-refractivity contribution in [1.29, 1.82) is 0 Å². The number of benzene rings is 2. The van der Waals surface area contributed by atoms with Crippen LogP contribution in [0.4, 0.5) is 0 Å². The van der Waals surface area contributed by atoms with E-state index in [2.05, 4.69) is 41.4 Å². The summed E-state index contributed by atoms with van der Waals surface area (Å²) in [5, 5.41) is 9.19. The van der Waals surface area contributed by atoms with Crippen molar-refractivity contribution in [2.75, 3.05) is 0 Å². The monoisotopic (exact) mass is 377 g/mol. The summed E-state index contributed by atoms with van der Waals surface area (Å²) in [7, 11) is 1.95. The number of carbonyl (C=O) groups is 1. The number of hydrogen-bond acceptors (Lipinski definition) is 4. The molecule has 2 aromatic carbocycles. The van der Waals surface area contributed by atoms with Crippen LogP contribution in [0.1, 0.15) is 40.4 Å². The molecule has 3 aromatic rings. The molecule has 4 nitrogen and oxygen atoms in total. The zero-order chi connectivity index (χ0) is 19.0. The quantitative estimate of drug-likeness (QED) is 0.480. The lowest BCUT2D eigenvalue weighted by atomic mass is 10.0. The molecule has 0 N–H and O–H groups in total. The first-order chi connectivity index (χ1) is 13.0. The van der Waals surface area contributed by atoms with Crippen LogP contribution in [0.5, 0.6) is 0 Å². The van der Waals surface area contributed by atoms with Gasteiger partial charge in [-0.25, -0.2) is 0 Å². The number of nitrogens with zero attached hydrogens (tertiary/aromatic N) is 3. The summed E-state index contributed by atoms with van der Waals surface area (Å²) in [5.74, 6) is 0.962. The van der Waals surface area contributed by atoms with E-state index in [-0.39, 0.29) is 11.0 Å². The van der Waals surface area contributed by atoms with Crippen molar-refractivity contribution >= 4 is 17.5 Å². The number of rotatable bonds is 5. The van der Waals surface area contributed by atoms with Crippen molar-refractivity contribution < 1.29 is 4.79 Å². The molecule has 1 aromatic heterocycles. The first kappa shape index (κ1) is 18.0. The summed E-state index contributed by atoms with van der Waals surface area (Å²) in [6, 6.07) is 14.4. The number of thioether (sulfide) groups is 1. The van der Waals surface area contributed by atoms with Gasteiger partial charge in [0.2, 0.25) is 0 Å². The molecule has 1 heterocycles. The van der Waals surface area contributed by atoms with Crippen LogP contribution in [0.3, 0.4) is 0 Å². The molecular weight excluding hydrogens is 354 g/mol. The molecule has 1 unspecified atom stereocenters. The summed E-state index contributed by atoms with van der Waals surface area (Å²) in [6.07, 6.45) is 3.41. The van der Waals surface area contributed by atoms with Crippen LogP contribution in [0, 0.1) is 6.92 Å². The van der Waals surface area contributed by atoms with Crippen LogP contribution >= 0.6 is 11.8 Å². The largest absolute Gasteiger partial charge is 0.305 e. The third-order valence-corrected chi connectivity index (χ3v) is 6.31. The van der Waals surface area contributed by atoms with Gasteiger partial charge in [0.05, 0.1) is 5.25 Å². The molecule has 27 heavy (non-hydrogen) atoms. The highest BCUT2D eigenvalue weighted by Gasteiger charge is 2.22. The molecule has 4 rings (SSSR count). The Hall–Kier alpha value is -2.40. The molecule has 1 atom stereocenters. The average molecular weight is 378 g/mol. The van der Waals surface area contributed by atoms with E-state index >= 15 is 0 Å². The second-order valence-electron chi connectivity index (χ2n) is 7.19. The van der Waals surface area contributed by atoms with Crippen LogP contribution in [0.25, 0.3) is 11.4 Å². The van der Waals surface area contributed by atoms with E-state index in [1.54, 1.807) is 0 Å². The molecule has 0 radical (unpaired) electrons. The maximum atomic E-state index is 12.9. The molecule has 0 bridgehead atoms. The van der Waals surface area contributed by atoms with Crippen molar-refractivity contribution in [3.05, 3.63) is 64.7 Å². The molecule has 138 valence electrons. The molecule has 0 spiro atoms. The Balaban J connectivity index is 1.52. The Morgan fingerprint density at radius 3 is 2.59 bits per heavy atom. The summed E-state index contributed by atoms with van der Waals surface area (Å²) < 4.78 is 1.96. The third kappa shape index (κ3) is 3.56. The predicted molar refractivity (Wildman–Crippen MR) is 109 cm³/mol. The normalized spacial score (nSPS) is 14.2. The number of hydrogen-bond donors (Lipinski definition) is 0. The number of ketones is 1. The lowest BCUT2D eigenvalue weighted by molar-refractivity contribution is 0.0993. The van der Waals surface area contributed by atoms with Gasteiger partial charge in [0.15, 0.2) is 16.8 Å². The smallest absolute Gasteiger partial charge is 0.191 e. The summed E-state index contributed by atoms with van der Waals surface area (Å²) in [5.41, 5.74) is 5.77. The van der Waals surface area contributed by atoms with Crippen LogP contribution in [-0.2, 0) is 19.9 Å². The highest BCUT2D eigenvalue weighted by molar-refractivity contribution is 8.00. The zero-order valence-corrected chi connectivity index (χ0v) is 16.7. The fourth-order valence-corrected chi connectivity index (χ4v) is 4.43. The first-order valence-corrected chi connectivity index (χ1v) is 10.2. The Morgan fingerprint density at radius 2 is 1.81 bits per heavy atom. The van der Waals surface area contributed by atoms with Crippen LogP contribution in [0.2, 0.25) is 0 Å². The summed E-state index contributed by atoms with van der Waals surface area (Å²) >= 11 is 1.46. The number of fused-ring (bicyclic) bond motifs is 1. The zero-order valence-electron chi connectivity index (χ0n) is 15.9. The lowest BCUT2D eigenvalue weighted by Gasteiger charge is -2.11. The van der Waals surface area contributed by atoms with Gasteiger partial charge < -0.3 is 4.57 Å². The molecule has 1 aliphatic carbocycles. The Kier molecular flexibility index (Phi) is 4.87. The highest BCUT2D eigenvalue weighted by Crippen LogP contribution is 2.29.